The van der Waals surface area contributed by atoms with Crippen LogP contribution in [0.25, 0.3) is 0 Å². The molecule has 1 N–H and O–H groups in total. The Morgan fingerprint density at radius 1 is 1.53 bits per heavy atom. The molecule has 1 aliphatic rings. The monoisotopic (exact) mass is 275 g/mol. The first-order valence-corrected chi connectivity index (χ1v) is 6.32. The Kier molecular flexibility index (Phi) is 3.82. The minimum atomic E-state index is -4.19. The Morgan fingerprint density at radius 3 is 2.89 bits per heavy atom. The third kappa shape index (κ3) is 3.27. The summed E-state index contributed by atoms with van der Waals surface area (Å²) < 4.78 is 38.2. The van der Waals surface area contributed by atoms with Crippen LogP contribution in [0.1, 0.15) is 25.6 Å². The molecule has 0 radical (unpaired) electrons. The van der Waals surface area contributed by atoms with Gasteiger partial charge in [0, 0.05) is 25.6 Å². The van der Waals surface area contributed by atoms with Crippen molar-refractivity contribution in [1.29, 1.82) is 0 Å². The summed E-state index contributed by atoms with van der Waals surface area (Å²) in [6, 6.07) is 1.26. The number of anilines is 1. The minimum Gasteiger partial charge on any atom is -0.356 e. The smallest absolute Gasteiger partial charge is 0.356 e. The van der Waals surface area contributed by atoms with Crippen LogP contribution in [0.5, 0.6) is 0 Å². The highest BCUT2D eigenvalue weighted by Gasteiger charge is 2.42. The number of halogens is 3. The molecule has 0 aliphatic carbocycles. The first kappa shape index (κ1) is 13.9. The highest BCUT2D eigenvalue weighted by molar-refractivity contribution is 5.38. The summed E-state index contributed by atoms with van der Waals surface area (Å²) in [5, 5.41) is 0. The van der Waals surface area contributed by atoms with Crippen LogP contribution in [-0.4, -0.2) is 29.2 Å². The van der Waals surface area contributed by atoms with E-state index in [4.69, 9.17) is 0 Å². The van der Waals surface area contributed by atoms with E-state index in [9.17, 15) is 18.0 Å². The number of rotatable bonds is 2. The van der Waals surface area contributed by atoms with E-state index in [-0.39, 0.29) is 18.5 Å². The highest BCUT2D eigenvalue weighted by Crippen LogP contribution is 2.34. The quantitative estimate of drug-likeness (QED) is 0.899. The number of piperidine rings is 1. The van der Waals surface area contributed by atoms with Crippen LogP contribution in [0.15, 0.2) is 10.9 Å². The fraction of sp³-hybridized carbons (Fsp3) is 0.667. The third-order valence-corrected chi connectivity index (χ3v) is 3.32. The number of aromatic amines is 1. The molecule has 106 valence electrons. The number of hydrogen-bond acceptors (Lipinski definition) is 3. The van der Waals surface area contributed by atoms with Crippen LogP contribution >= 0.6 is 0 Å². The van der Waals surface area contributed by atoms with Gasteiger partial charge in [0.05, 0.1) is 5.92 Å². The molecule has 0 bridgehead atoms. The molecule has 0 amide bonds. The van der Waals surface area contributed by atoms with E-state index < -0.39 is 12.1 Å². The zero-order chi connectivity index (χ0) is 14.0. The van der Waals surface area contributed by atoms with Crippen molar-refractivity contribution in [2.75, 3.05) is 18.0 Å². The lowest BCUT2D eigenvalue weighted by atomic mass is 9.97. The highest BCUT2D eigenvalue weighted by atomic mass is 19.4. The van der Waals surface area contributed by atoms with Crippen LogP contribution in [0.4, 0.5) is 19.0 Å². The van der Waals surface area contributed by atoms with Gasteiger partial charge < -0.3 is 9.88 Å². The number of nitrogens with zero attached hydrogens (tertiary/aromatic N) is 2. The van der Waals surface area contributed by atoms with E-state index in [1.54, 1.807) is 4.90 Å². The predicted molar refractivity (Wildman–Crippen MR) is 65.2 cm³/mol. The van der Waals surface area contributed by atoms with Crippen LogP contribution in [0.3, 0.4) is 0 Å². The normalized spacial score (nSPS) is 20.6. The summed E-state index contributed by atoms with van der Waals surface area (Å²) in [4.78, 5) is 19.8. The van der Waals surface area contributed by atoms with Gasteiger partial charge in [0.25, 0.3) is 5.56 Å². The Balaban J connectivity index is 2.22. The molecule has 0 saturated carbocycles. The fourth-order valence-electron chi connectivity index (χ4n) is 2.28. The first-order chi connectivity index (χ1) is 8.90. The second-order valence-electron chi connectivity index (χ2n) is 4.73. The Labute approximate surface area is 108 Å². The van der Waals surface area contributed by atoms with E-state index in [0.717, 1.165) is 0 Å². The van der Waals surface area contributed by atoms with E-state index in [2.05, 4.69) is 9.97 Å². The van der Waals surface area contributed by atoms with Gasteiger partial charge in [-0.1, -0.05) is 6.92 Å². The van der Waals surface area contributed by atoms with Gasteiger partial charge in [-0.3, -0.25) is 4.79 Å². The van der Waals surface area contributed by atoms with E-state index >= 15 is 0 Å². The van der Waals surface area contributed by atoms with Crippen molar-refractivity contribution in [2.45, 2.75) is 32.4 Å². The van der Waals surface area contributed by atoms with Gasteiger partial charge in [-0.15, -0.1) is 0 Å². The predicted octanol–water partition coefficient (Wildman–Crippen LogP) is 2.11. The number of aromatic nitrogens is 2. The molecule has 0 aromatic carbocycles. The van der Waals surface area contributed by atoms with Crippen molar-refractivity contribution in [3.63, 3.8) is 0 Å². The van der Waals surface area contributed by atoms with Crippen molar-refractivity contribution in [3.8, 4) is 0 Å². The molecule has 1 unspecified atom stereocenters. The second kappa shape index (κ2) is 5.22. The number of alkyl halides is 3. The van der Waals surface area contributed by atoms with Crippen molar-refractivity contribution in [2.24, 2.45) is 5.92 Å². The summed E-state index contributed by atoms with van der Waals surface area (Å²) in [7, 11) is 0. The number of H-pyrrole nitrogens is 1. The van der Waals surface area contributed by atoms with Gasteiger partial charge in [0.2, 0.25) is 0 Å². The van der Waals surface area contributed by atoms with E-state index in [1.165, 1.54) is 6.07 Å². The van der Waals surface area contributed by atoms with Gasteiger partial charge in [0.15, 0.2) is 0 Å². The van der Waals surface area contributed by atoms with Crippen LogP contribution < -0.4 is 10.5 Å². The lowest BCUT2D eigenvalue weighted by Crippen LogP contribution is -2.42. The van der Waals surface area contributed by atoms with Crippen LogP contribution in [-0.2, 0) is 6.42 Å². The molecule has 7 heteroatoms. The molecule has 0 spiro atoms. The molecular formula is C12H16F3N3O. The third-order valence-electron chi connectivity index (χ3n) is 3.32. The van der Waals surface area contributed by atoms with Gasteiger partial charge in [0.1, 0.15) is 11.6 Å². The molecule has 19 heavy (non-hydrogen) atoms. The summed E-state index contributed by atoms with van der Waals surface area (Å²) in [6.45, 7) is 2.21. The summed E-state index contributed by atoms with van der Waals surface area (Å²) in [6.07, 6.45) is -3.04. The summed E-state index contributed by atoms with van der Waals surface area (Å²) >= 11 is 0. The average molecular weight is 275 g/mol. The molecule has 1 aliphatic heterocycles. The number of hydrogen-bond donors (Lipinski definition) is 1. The van der Waals surface area contributed by atoms with Crippen molar-refractivity contribution in [1.82, 2.24) is 9.97 Å². The summed E-state index contributed by atoms with van der Waals surface area (Å²) in [5.41, 5.74) is -0.323. The second-order valence-corrected chi connectivity index (χ2v) is 4.73. The van der Waals surface area contributed by atoms with Gasteiger partial charge >= 0.3 is 6.18 Å². The molecule has 2 rings (SSSR count). The van der Waals surface area contributed by atoms with Crippen molar-refractivity contribution < 1.29 is 13.2 Å². The Morgan fingerprint density at radius 2 is 2.26 bits per heavy atom. The van der Waals surface area contributed by atoms with E-state index in [0.29, 0.717) is 31.0 Å². The molecule has 1 aromatic heterocycles. The van der Waals surface area contributed by atoms with Gasteiger partial charge in [-0.05, 0) is 12.8 Å². The zero-order valence-corrected chi connectivity index (χ0v) is 10.6. The molecule has 1 aromatic rings. The molecule has 1 fully saturated rings. The Hall–Kier alpha value is -1.53. The molecular weight excluding hydrogens is 259 g/mol. The maximum absolute atomic E-state index is 12.7. The maximum Gasteiger partial charge on any atom is 0.393 e. The topological polar surface area (TPSA) is 49.0 Å². The standard InChI is InChI=1S/C12H16F3N3O/c1-2-9-16-10(6-11(19)17-9)18-5-3-4-8(7-18)12(13,14)15/h6,8H,2-5,7H2,1H3,(H,16,17,19). The lowest BCUT2D eigenvalue weighted by Gasteiger charge is -2.34. The zero-order valence-electron chi connectivity index (χ0n) is 10.6. The van der Waals surface area contributed by atoms with E-state index in [1.807, 2.05) is 6.92 Å². The first-order valence-electron chi connectivity index (χ1n) is 6.32. The molecule has 1 atom stereocenters. The number of nitrogens with one attached hydrogen (secondary N) is 1. The average Bonchev–Trinajstić information content (AvgIpc) is 2.37. The summed E-state index contributed by atoms with van der Waals surface area (Å²) in [5.74, 6) is -0.501. The largest absolute Gasteiger partial charge is 0.393 e. The minimum absolute atomic E-state index is 0.122. The van der Waals surface area contributed by atoms with Crippen LogP contribution in [0, 0.1) is 5.92 Å². The van der Waals surface area contributed by atoms with Crippen molar-refractivity contribution in [3.05, 3.63) is 22.2 Å². The van der Waals surface area contributed by atoms with Gasteiger partial charge in [-0.25, -0.2) is 4.98 Å². The fourth-order valence-corrected chi connectivity index (χ4v) is 2.28. The van der Waals surface area contributed by atoms with Crippen molar-refractivity contribution >= 4 is 5.82 Å². The maximum atomic E-state index is 12.7. The molecule has 1 saturated heterocycles. The Bertz CT molecular complexity index is 498. The molecule has 2 heterocycles. The van der Waals surface area contributed by atoms with Crippen LogP contribution in [0.2, 0.25) is 0 Å². The molecule has 4 nitrogen and oxygen atoms in total. The number of aryl methyl sites for hydroxylation is 1. The SMILES string of the molecule is CCc1nc(N2CCCC(C(F)(F)F)C2)cc(=O)[nH]1. The lowest BCUT2D eigenvalue weighted by molar-refractivity contribution is -0.176. The van der Waals surface area contributed by atoms with Gasteiger partial charge in [-0.2, -0.15) is 13.2 Å².